The van der Waals surface area contributed by atoms with Gasteiger partial charge in [-0.3, -0.25) is 4.90 Å². The SMILES string of the molecule is Cc1ccccc1CN(Cc1nc(C(=O)O)co1)C1CC1. The summed E-state index contributed by atoms with van der Waals surface area (Å²) in [5.74, 6) is -0.588. The highest BCUT2D eigenvalue weighted by molar-refractivity contribution is 5.84. The zero-order chi connectivity index (χ0) is 14.8. The minimum absolute atomic E-state index is 0.0309. The molecule has 0 bridgehead atoms. The normalized spacial score (nSPS) is 14.6. The predicted octanol–water partition coefficient (Wildman–Crippen LogP) is 2.85. The lowest BCUT2D eigenvalue weighted by atomic mass is 10.1. The number of aromatic carboxylic acids is 1. The van der Waals surface area contributed by atoms with Crippen LogP contribution >= 0.6 is 0 Å². The molecule has 1 N–H and O–H groups in total. The second-order valence-corrected chi connectivity index (χ2v) is 5.49. The van der Waals surface area contributed by atoms with Crippen LogP contribution in [-0.2, 0) is 13.1 Å². The Morgan fingerprint density at radius 3 is 2.76 bits per heavy atom. The Morgan fingerprint density at radius 1 is 1.38 bits per heavy atom. The van der Waals surface area contributed by atoms with Gasteiger partial charge < -0.3 is 9.52 Å². The van der Waals surface area contributed by atoms with E-state index < -0.39 is 5.97 Å². The first-order chi connectivity index (χ1) is 10.1. The van der Waals surface area contributed by atoms with Crippen molar-refractivity contribution in [3.8, 4) is 0 Å². The Hall–Kier alpha value is -2.14. The molecule has 1 aromatic carbocycles. The Bertz CT molecular complexity index is 646. The van der Waals surface area contributed by atoms with Crippen molar-refractivity contribution in [2.75, 3.05) is 0 Å². The molecule has 1 saturated carbocycles. The molecule has 0 saturated heterocycles. The molecule has 5 heteroatoms. The van der Waals surface area contributed by atoms with Gasteiger partial charge in [0.1, 0.15) is 6.26 Å². The van der Waals surface area contributed by atoms with Crippen molar-refractivity contribution in [3.05, 3.63) is 53.2 Å². The molecule has 1 aliphatic rings. The second-order valence-electron chi connectivity index (χ2n) is 5.49. The number of rotatable bonds is 6. The summed E-state index contributed by atoms with van der Waals surface area (Å²) in [6.07, 6.45) is 3.56. The fourth-order valence-corrected chi connectivity index (χ4v) is 2.42. The van der Waals surface area contributed by atoms with Gasteiger partial charge in [-0.25, -0.2) is 9.78 Å². The van der Waals surface area contributed by atoms with Crippen LogP contribution in [0.5, 0.6) is 0 Å². The smallest absolute Gasteiger partial charge is 0.357 e. The lowest BCUT2D eigenvalue weighted by Crippen LogP contribution is -2.25. The van der Waals surface area contributed by atoms with E-state index in [1.54, 1.807) is 0 Å². The summed E-state index contributed by atoms with van der Waals surface area (Å²) in [6, 6.07) is 8.86. The number of oxazole rings is 1. The highest BCUT2D eigenvalue weighted by Gasteiger charge is 2.30. The van der Waals surface area contributed by atoms with Gasteiger partial charge in [-0.05, 0) is 30.9 Å². The van der Waals surface area contributed by atoms with E-state index in [0.29, 0.717) is 18.5 Å². The molecule has 110 valence electrons. The van der Waals surface area contributed by atoms with Gasteiger partial charge in [0.05, 0.1) is 6.54 Å². The maximum atomic E-state index is 10.8. The van der Waals surface area contributed by atoms with Crippen LogP contribution in [0.3, 0.4) is 0 Å². The van der Waals surface area contributed by atoms with Gasteiger partial charge in [-0.2, -0.15) is 0 Å². The topological polar surface area (TPSA) is 66.6 Å². The molecule has 0 radical (unpaired) electrons. The third-order valence-corrected chi connectivity index (χ3v) is 3.81. The molecule has 21 heavy (non-hydrogen) atoms. The summed E-state index contributed by atoms with van der Waals surface area (Å²) in [6.45, 7) is 3.49. The van der Waals surface area contributed by atoms with Crippen LogP contribution in [-0.4, -0.2) is 27.0 Å². The molecule has 0 spiro atoms. The summed E-state index contributed by atoms with van der Waals surface area (Å²) in [5.41, 5.74) is 2.52. The average Bonchev–Trinajstić information content (AvgIpc) is 3.20. The average molecular weight is 286 g/mol. The predicted molar refractivity (Wildman–Crippen MR) is 76.9 cm³/mol. The van der Waals surface area contributed by atoms with Crippen molar-refractivity contribution in [2.45, 2.75) is 38.9 Å². The highest BCUT2D eigenvalue weighted by Crippen LogP contribution is 2.30. The quantitative estimate of drug-likeness (QED) is 0.884. The molecule has 1 fully saturated rings. The molecule has 1 heterocycles. The van der Waals surface area contributed by atoms with Crippen LogP contribution < -0.4 is 0 Å². The second kappa shape index (κ2) is 5.69. The molecule has 0 atom stereocenters. The number of hydrogen-bond donors (Lipinski definition) is 1. The maximum Gasteiger partial charge on any atom is 0.357 e. The first kappa shape index (κ1) is 13.8. The lowest BCUT2D eigenvalue weighted by Gasteiger charge is -2.21. The number of nitrogens with zero attached hydrogens (tertiary/aromatic N) is 2. The van der Waals surface area contributed by atoms with Crippen LogP contribution in [0.15, 0.2) is 34.9 Å². The Kier molecular flexibility index (Phi) is 3.75. The summed E-state index contributed by atoms with van der Waals surface area (Å²) in [4.78, 5) is 17.2. The van der Waals surface area contributed by atoms with Crippen molar-refractivity contribution in [3.63, 3.8) is 0 Å². The summed E-state index contributed by atoms with van der Waals surface area (Å²) < 4.78 is 5.27. The molecule has 0 unspecified atom stereocenters. The molecule has 0 amide bonds. The molecule has 1 aromatic heterocycles. The van der Waals surface area contributed by atoms with Crippen molar-refractivity contribution >= 4 is 5.97 Å². The van der Waals surface area contributed by atoms with Crippen molar-refractivity contribution in [1.82, 2.24) is 9.88 Å². The van der Waals surface area contributed by atoms with Gasteiger partial charge in [0.2, 0.25) is 5.89 Å². The first-order valence-electron chi connectivity index (χ1n) is 7.10. The van der Waals surface area contributed by atoms with E-state index in [-0.39, 0.29) is 5.69 Å². The Labute approximate surface area is 123 Å². The lowest BCUT2D eigenvalue weighted by molar-refractivity contribution is 0.0690. The zero-order valence-corrected chi connectivity index (χ0v) is 12.0. The zero-order valence-electron chi connectivity index (χ0n) is 12.0. The van der Waals surface area contributed by atoms with E-state index in [1.807, 2.05) is 12.1 Å². The molecule has 3 rings (SSSR count). The fourth-order valence-electron chi connectivity index (χ4n) is 2.42. The number of carbonyl (C=O) groups is 1. The van der Waals surface area contributed by atoms with Gasteiger partial charge in [0.25, 0.3) is 0 Å². The van der Waals surface area contributed by atoms with E-state index in [1.165, 1.54) is 30.2 Å². The van der Waals surface area contributed by atoms with E-state index in [2.05, 4.69) is 28.9 Å². The summed E-state index contributed by atoms with van der Waals surface area (Å²) in [7, 11) is 0. The monoisotopic (exact) mass is 286 g/mol. The van der Waals surface area contributed by atoms with Crippen LogP contribution in [0, 0.1) is 6.92 Å². The molecule has 2 aromatic rings. The summed E-state index contributed by atoms with van der Waals surface area (Å²) >= 11 is 0. The van der Waals surface area contributed by atoms with Crippen LogP contribution in [0.1, 0.15) is 40.3 Å². The van der Waals surface area contributed by atoms with Crippen molar-refractivity contribution in [1.29, 1.82) is 0 Å². The number of aryl methyl sites for hydroxylation is 1. The first-order valence-corrected chi connectivity index (χ1v) is 7.10. The minimum atomic E-state index is -1.05. The highest BCUT2D eigenvalue weighted by atomic mass is 16.4. The standard InChI is InChI=1S/C16H18N2O3/c1-11-4-2-3-5-12(11)8-18(13-6-7-13)9-15-17-14(10-21-15)16(19)20/h2-5,10,13H,6-9H2,1H3,(H,19,20). The molecular weight excluding hydrogens is 268 g/mol. The Balaban J connectivity index is 1.73. The van der Waals surface area contributed by atoms with Crippen LogP contribution in [0.25, 0.3) is 0 Å². The van der Waals surface area contributed by atoms with E-state index >= 15 is 0 Å². The van der Waals surface area contributed by atoms with E-state index in [4.69, 9.17) is 9.52 Å². The molecule has 0 aliphatic heterocycles. The van der Waals surface area contributed by atoms with Gasteiger partial charge in [0, 0.05) is 12.6 Å². The van der Waals surface area contributed by atoms with Crippen molar-refractivity contribution in [2.24, 2.45) is 0 Å². The largest absolute Gasteiger partial charge is 0.476 e. The van der Waals surface area contributed by atoms with Gasteiger partial charge in [-0.15, -0.1) is 0 Å². The molecule has 5 nitrogen and oxygen atoms in total. The van der Waals surface area contributed by atoms with Gasteiger partial charge in [-0.1, -0.05) is 24.3 Å². The van der Waals surface area contributed by atoms with Crippen LogP contribution in [0.2, 0.25) is 0 Å². The van der Waals surface area contributed by atoms with Gasteiger partial charge >= 0.3 is 5.97 Å². The third-order valence-electron chi connectivity index (χ3n) is 3.81. The molecule has 1 aliphatic carbocycles. The number of carboxylic acids is 1. The van der Waals surface area contributed by atoms with E-state index in [0.717, 1.165) is 6.54 Å². The minimum Gasteiger partial charge on any atom is -0.476 e. The number of benzene rings is 1. The van der Waals surface area contributed by atoms with Gasteiger partial charge in [0.15, 0.2) is 5.69 Å². The third kappa shape index (κ3) is 3.31. The Morgan fingerprint density at radius 2 is 2.14 bits per heavy atom. The van der Waals surface area contributed by atoms with E-state index in [9.17, 15) is 4.79 Å². The fraction of sp³-hybridized carbons (Fsp3) is 0.375. The van der Waals surface area contributed by atoms with Crippen LogP contribution in [0.4, 0.5) is 0 Å². The number of aromatic nitrogens is 1. The maximum absolute atomic E-state index is 10.8. The number of carboxylic acid groups (broad SMARTS) is 1. The summed E-state index contributed by atoms with van der Waals surface area (Å²) in [5, 5.41) is 8.89. The molecular formula is C16H18N2O3. The number of hydrogen-bond acceptors (Lipinski definition) is 4. The van der Waals surface area contributed by atoms with Crippen molar-refractivity contribution < 1.29 is 14.3 Å².